The molecular formula is C20H24ClFN2O4. The van der Waals surface area contributed by atoms with E-state index < -0.39 is 0 Å². The van der Waals surface area contributed by atoms with Crippen LogP contribution in [0, 0.1) is 5.82 Å². The summed E-state index contributed by atoms with van der Waals surface area (Å²) >= 11 is 0. The molecule has 28 heavy (non-hydrogen) atoms. The standard InChI is InChI=1S/C20H23FN2O4.ClH/c1-25-16-8-12(9-17(26-2)20(16)27-3)10-18(24)23-15-5-4-13-11-22-7-6-14(13)19(15)21;/h4-5,8-9,22H,6-7,10-11H2,1-3H3,(H,23,24);1H. The lowest BCUT2D eigenvalue weighted by Crippen LogP contribution is -2.25. The second-order valence-electron chi connectivity index (χ2n) is 6.25. The van der Waals surface area contributed by atoms with E-state index in [1.54, 1.807) is 18.2 Å². The highest BCUT2D eigenvalue weighted by atomic mass is 35.5. The summed E-state index contributed by atoms with van der Waals surface area (Å²) in [7, 11) is 4.54. The largest absolute Gasteiger partial charge is 0.493 e. The van der Waals surface area contributed by atoms with Crippen LogP contribution in [-0.2, 0) is 24.2 Å². The van der Waals surface area contributed by atoms with E-state index in [9.17, 15) is 9.18 Å². The van der Waals surface area contributed by atoms with Gasteiger partial charge in [-0.15, -0.1) is 12.4 Å². The molecule has 0 spiro atoms. The molecule has 0 atom stereocenters. The van der Waals surface area contributed by atoms with Gasteiger partial charge in [0.25, 0.3) is 0 Å². The number of ether oxygens (including phenoxy) is 3. The number of hydrogen-bond acceptors (Lipinski definition) is 5. The monoisotopic (exact) mass is 410 g/mol. The molecule has 0 aromatic heterocycles. The Morgan fingerprint density at radius 3 is 2.43 bits per heavy atom. The molecule has 1 aliphatic rings. The van der Waals surface area contributed by atoms with Crippen molar-refractivity contribution in [2.24, 2.45) is 0 Å². The average molecular weight is 411 g/mol. The lowest BCUT2D eigenvalue weighted by molar-refractivity contribution is -0.115. The van der Waals surface area contributed by atoms with E-state index >= 15 is 0 Å². The average Bonchev–Trinajstić information content (AvgIpc) is 2.69. The van der Waals surface area contributed by atoms with Crippen molar-refractivity contribution in [2.75, 3.05) is 33.2 Å². The van der Waals surface area contributed by atoms with Crippen LogP contribution in [0.1, 0.15) is 16.7 Å². The number of halogens is 2. The second-order valence-corrected chi connectivity index (χ2v) is 6.25. The first-order valence-electron chi connectivity index (χ1n) is 8.67. The van der Waals surface area contributed by atoms with Crippen LogP contribution in [0.25, 0.3) is 0 Å². The fourth-order valence-corrected chi connectivity index (χ4v) is 3.25. The highest BCUT2D eigenvalue weighted by Gasteiger charge is 2.19. The number of carbonyl (C=O) groups excluding carboxylic acids is 1. The third kappa shape index (κ3) is 4.48. The van der Waals surface area contributed by atoms with E-state index in [0.717, 1.165) is 12.1 Å². The van der Waals surface area contributed by atoms with Crippen LogP contribution < -0.4 is 24.8 Å². The Labute approximate surface area is 169 Å². The van der Waals surface area contributed by atoms with Gasteiger partial charge < -0.3 is 24.8 Å². The summed E-state index contributed by atoms with van der Waals surface area (Å²) in [5.41, 5.74) is 2.47. The molecule has 8 heteroatoms. The van der Waals surface area contributed by atoms with Gasteiger partial charge in [-0.05, 0) is 47.9 Å². The van der Waals surface area contributed by atoms with Crippen molar-refractivity contribution in [2.45, 2.75) is 19.4 Å². The fraction of sp³-hybridized carbons (Fsp3) is 0.350. The van der Waals surface area contributed by atoms with Crippen LogP contribution in [0.15, 0.2) is 24.3 Å². The zero-order valence-corrected chi connectivity index (χ0v) is 16.9. The Morgan fingerprint density at radius 2 is 1.82 bits per heavy atom. The number of carbonyl (C=O) groups is 1. The molecule has 0 aliphatic carbocycles. The smallest absolute Gasteiger partial charge is 0.228 e. The third-order valence-corrected chi connectivity index (χ3v) is 4.57. The van der Waals surface area contributed by atoms with Crippen LogP contribution in [0.3, 0.4) is 0 Å². The minimum absolute atomic E-state index is 0. The van der Waals surface area contributed by atoms with Gasteiger partial charge in [0, 0.05) is 6.54 Å². The first-order chi connectivity index (χ1) is 13.1. The number of amides is 1. The van der Waals surface area contributed by atoms with Crippen LogP contribution in [0.5, 0.6) is 17.2 Å². The van der Waals surface area contributed by atoms with E-state index in [-0.39, 0.29) is 36.2 Å². The second kappa shape index (κ2) is 9.61. The number of nitrogens with one attached hydrogen (secondary N) is 2. The van der Waals surface area contributed by atoms with Gasteiger partial charge in [0.15, 0.2) is 11.5 Å². The predicted octanol–water partition coefficient (Wildman–Crippen LogP) is 3.10. The summed E-state index contributed by atoms with van der Waals surface area (Å²) in [4.78, 5) is 12.5. The topological polar surface area (TPSA) is 68.8 Å². The van der Waals surface area contributed by atoms with E-state index in [2.05, 4.69) is 10.6 Å². The van der Waals surface area contributed by atoms with Gasteiger partial charge in [0.1, 0.15) is 5.82 Å². The summed E-state index contributed by atoms with van der Waals surface area (Å²) in [5, 5.41) is 5.87. The van der Waals surface area contributed by atoms with Crippen LogP contribution >= 0.6 is 12.4 Å². The van der Waals surface area contributed by atoms with Gasteiger partial charge in [-0.2, -0.15) is 0 Å². The molecule has 2 aromatic rings. The molecule has 3 rings (SSSR count). The molecule has 152 valence electrons. The molecule has 0 fully saturated rings. The van der Waals surface area contributed by atoms with E-state index in [1.165, 1.54) is 21.3 Å². The Morgan fingerprint density at radius 1 is 1.14 bits per heavy atom. The van der Waals surface area contributed by atoms with Gasteiger partial charge >= 0.3 is 0 Å². The van der Waals surface area contributed by atoms with Gasteiger partial charge in [-0.25, -0.2) is 4.39 Å². The molecule has 2 aromatic carbocycles. The molecule has 1 aliphatic heterocycles. The van der Waals surface area contributed by atoms with Gasteiger partial charge in [0.2, 0.25) is 11.7 Å². The molecule has 1 heterocycles. The maximum atomic E-state index is 14.7. The number of benzene rings is 2. The predicted molar refractivity (Wildman–Crippen MR) is 107 cm³/mol. The normalized spacial score (nSPS) is 12.4. The van der Waals surface area contributed by atoms with Crippen LogP contribution in [0.4, 0.5) is 10.1 Å². The third-order valence-electron chi connectivity index (χ3n) is 4.57. The summed E-state index contributed by atoms with van der Waals surface area (Å²) in [5.74, 6) is 0.710. The van der Waals surface area contributed by atoms with Crippen molar-refractivity contribution in [3.05, 3.63) is 46.8 Å². The zero-order chi connectivity index (χ0) is 19.4. The van der Waals surface area contributed by atoms with Gasteiger partial charge in [-0.1, -0.05) is 6.07 Å². The first-order valence-corrected chi connectivity index (χ1v) is 8.67. The SMILES string of the molecule is COc1cc(CC(=O)Nc2ccc3c(c2F)CCNC3)cc(OC)c1OC.Cl. The minimum atomic E-state index is -0.354. The van der Waals surface area contributed by atoms with Crippen molar-refractivity contribution in [3.8, 4) is 17.2 Å². The molecule has 1 amide bonds. The molecule has 2 N–H and O–H groups in total. The molecule has 0 bridgehead atoms. The van der Waals surface area contributed by atoms with E-state index in [0.29, 0.717) is 41.3 Å². The Bertz CT molecular complexity index is 835. The lowest BCUT2D eigenvalue weighted by atomic mass is 9.99. The maximum absolute atomic E-state index is 14.7. The summed E-state index contributed by atoms with van der Waals surface area (Å²) < 4.78 is 30.6. The van der Waals surface area contributed by atoms with Crippen LogP contribution in [0.2, 0.25) is 0 Å². The summed E-state index contributed by atoms with van der Waals surface area (Å²) in [6.45, 7) is 1.37. The maximum Gasteiger partial charge on any atom is 0.228 e. The Balaban J connectivity index is 0.00000280. The molecule has 0 saturated heterocycles. The lowest BCUT2D eigenvalue weighted by Gasteiger charge is -2.19. The number of rotatable bonds is 6. The Hall–Kier alpha value is -2.51. The van der Waals surface area contributed by atoms with Gasteiger partial charge in [-0.3, -0.25) is 4.79 Å². The number of hydrogen-bond donors (Lipinski definition) is 2. The minimum Gasteiger partial charge on any atom is -0.493 e. The van der Waals surface area contributed by atoms with E-state index in [1.807, 2.05) is 6.07 Å². The van der Waals surface area contributed by atoms with Crippen molar-refractivity contribution >= 4 is 24.0 Å². The van der Waals surface area contributed by atoms with Gasteiger partial charge in [0.05, 0.1) is 33.4 Å². The van der Waals surface area contributed by atoms with Crippen LogP contribution in [-0.4, -0.2) is 33.8 Å². The van der Waals surface area contributed by atoms with Crippen molar-refractivity contribution in [1.29, 1.82) is 0 Å². The van der Waals surface area contributed by atoms with Crippen molar-refractivity contribution < 1.29 is 23.4 Å². The number of methoxy groups -OCH3 is 3. The highest BCUT2D eigenvalue weighted by Crippen LogP contribution is 2.38. The molecule has 0 saturated carbocycles. The molecule has 0 radical (unpaired) electrons. The van der Waals surface area contributed by atoms with E-state index in [4.69, 9.17) is 14.2 Å². The highest BCUT2D eigenvalue weighted by molar-refractivity contribution is 5.92. The quantitative estimate of drug-likeness (QED) is 0.765. The summed E-state index contributed by atoms with van der Waals surface area (Å²) in [6.07, 6.45) is 0.659. The molecule has 0 unspecified atom stereocenters. The summed E-state index contributed by atoms with van der Waals surface area (Å²) in [6, 6.07) is 6.86. The molecule has 6 nitrogen and oxygen atoms in total. The van der Waals surface area contributed by atoms with Crippen molar-refractivity contribution in [3.63, 3.8) is 0 Å². The number of fused-ring (bicyclic) bond motifs is 1. The fourth-order valence-electron chi connectivity index (χ4n) is 3.25. The Kier molecular flexibility index (Phi) is 7.48. The van der Waals surface area contributed by atoms with Crippen molar-refractivity contribution in [1.82, 2.24) is 5.32 Å². The molecular weight excluding hydrogens is 387 g/mol. The zero-order valence-electron chi connectivity index (χ0n) is 16.1. The first kappa shape index (κ1) is 21.8. The number of anilines is 1.